The molecule has 25 heavy (non-hydrogen) atoms. The molecule has 1 aromatic heterocycles. The van der Waals surface area contributed by atoms with Crippen LogP contribution in [0, 0.1) is 0 Å². The summed E-state index contributed by atoms with van der Waals surface area (Å²) in [6.07, 6.45) is 4.96. The molecule has 4 nitrogen and oxygen atoms in total. The van der Waals surface area contributed by atoms with Gasteiger partial charge in [-0.25, -0.2) is 0 Å². The lowest BCUT2D eigenvalue weighted by Gasteiger charge is -2.26. The van der Waals surface area contributed by atoms with Crippen LogP contribution in [0.15, 0.2) is 60.9 Å². The average molecular weight is 354 g/mol. The topological polar surface area (TPSA) is 39.1 Å². The quantitative estimate of drug-likeness (QED) is 0.747. The largest absolute Gasteiger partial charge is 0.493 e. The van der Waals surface area contributed by atoms with Crippen LogP contribution in [0.1, 0.15) is 29.2 Å². The Labute approximate surface area is 152 Å². The van der Waals surface area contributed by atoms with Crippen LogP contribution < -0.4 is 10.1 Å². The Morgan fingerprint density at radius 3 is 2.92 bits per heavy atom. The number of para-hydroxylation sites is 1. The van der Waals surface area contributed by atoms with E-state index < -0.39 is 0 Å². The molecule has 0 radical (unpaired) electrons. The molecule has 1 atom stereocenters. The maximum absolute atomic E-state index is 6.23. The normalized spacial score (nSPS) is 16.3. The van der Waals surface area contributed by atoms with Crippen LogP contribution in [0.3, 0.4) is 0 Å². The van der Waals surface area contributed by atoms with Gasteiger partial charge in [0.1, 0.15) is 5.75 Å². The van der Waals surface area contributed by atoms with Crippen molar-refractivity contribution in [1.29, 1.82) is 0 Å². The van der Waals surface area contributed by atoms with Crippen molar-refractivity contribution < 1.29 is 4.74 Å². The molecular weight excluding hydrogens is 334 g/mol. The van der Waals surface area contributed by atoms with E-state index in [1.54, 1.807) is 0 Å². The lowest BCUT2D eigenvalue weighted by atomic mass is 10.0. The van der Waals surface area contributed by atoms with Gasteiger partial charge < -0.3 is 10.1 Å². The van der Waals surface area contributed by atoms with E-state index in [0.717, 1.165) is 41.5 Å². The molecule has 2 aromatic carbocycles. The minimum Gasteiger partial charge on any atom is -0.493 e. The molecule has 1 aliphatic heterocycles. The maximum atomic E-state index is 6.23. The summed E-state index contributed by atoms with van der Waals surface area (Å²) in [7, 11) is 0. The Kier molecular flexibility index (Phi) is 4.72. The summed E-state index contributed by atoms with van der Waals surface area (Å²) in [5, 5.41) is 8.85. The Morgan fingerprint density at radius 2 is 2.00 bits per heavy atom. The third-order valence-electron chi connectivity index (χ3n) is 4.49. The van der Waals surface area contributed by atoms with Gasteiger partial charge in [-0.2, -0.15) is 5.10 Å². The molecule has 0 aliphatic carbocycles. The summed E-state index contributed by atoms with van der Waals surface area (Å²) in [6.45, 7) is 2.21. The van der Waals surface area contributed by atoms with Gasteiger partial charge in [0.05, 0.1) is 19.3 Å². The van der Waals surface area contributed by atoms with Crippen LogP contribution in [0.2, 0.25) is 5.02 Å². The molecule has 2 heterocycles. The van der Waals surface area contributed by atoms with E-state index >= 15 is 0 Å². The monoisotopic (exact) mass is 353 g/mol. The highest BCUT2D eigenvalue weighted by molar-refractivity contribution is 6.31. The summed E-state index contributed by atoms with van der Waals surface area (Å²) >= 11 is 6.23. The number of nitrogens with zero attached hydrogens (tertiary/aromatic N) is 2. The molecule has 0 amide bonds. The molecule has 3 aromatic rings. The van der Waals surface area contributed by atoms with Gasteiger partial charge in [-0.15, -0.1) is 0 Å². The molecule has 0 saturated heterocycles. The zero-order valence-corrected chi connectivity index (χ0v) is 14.6. The number of hydrogen-bond donors (Lipinski definition) is 1. The van der Waals surface area contributed by atoms with E-state index in [9.17, 15) is 0 Å². The highest BCUT2D eigenvalue weighted by Crippen LogP contribution is 2.31. The second-order valence-corrected chi connectivity index (χ2v) is 6.65. The van der Waals surface area contributed by atoms with E-state index in [2.05, 4.69) is 28.7 Å². The van der Waals surface area contributed by atoms with Crippen LogP contribution in [0.25, 0.3) is 0 Å². The summed E-state index contributed by atoms with van der Waals surface area (Å²) in [6, 6.07) is 16.4. The predicted molar refractivity (Wildman–Crippen MR) is 98.9 cm³/mol. The Bertz CT molecular complexity index is 861. The minimum atomic E-state index is 0.317. The van der Waals surface area contributed by atoms with Crippen molar-refractivity contribution in [3.63, 3.8) is 0 Å². The third-order valence-corrected chi connectivity index (χ3v) is 4.86. The van der Waals surface area contributed by atoms with E-state index in [-0.39, 0.29) is 0 Å². The number of fused-ring (bicyclic) bond motifs is 1. The summed E-state index contributed by atoms with van der Waals surface area (Å²) < 4.78 is 7.65. The second kappa shape index (κ2) is 7.30. The number of ether oxygens (including phenoxy) is 1. The van der Waals surface area contributed by atoms with Crippen molar-refractivity contribution in [2.45, 2.75) is 25.6 Å². The number of hydrogen-bond acceptors (Lipinski definition) is 3. The van der Waals surface area contributed by atoms with Crippen molar-refractivity contribution in [2.75, 3.05) is 6.61 Å². The molecule has 0 saturated carbocycles. The first kappa shape index (κ1) is 16.2. The Balaban J connectivity index is 1.40. The van der Waals surface area contributed by atoms with Gasteiger partial charge in [0.25, 0.3) is 0 Å². The fourth-order valence-electron chi connectivity index (χ4n) is 3.18. The molecule has 0 fully saturated rings. The zero-order chi connectivity index (χ0) is 17.1. The number of nitrogens with one attached hydrogen (secondary N) is 1. The molecule has 5 heteroatoms. The van der Waals surface area contributed by atoms with Crippen LogP contribution in [0.5, 0.6) is 5.75 Å². The summed E-state index contributed by atoms with van der Waals surface area (Å²) in [4.78, 5) is 0. The fourth-order valence-corrected chi connectivity index (χ4v) is 3.38. The zero-order valence-electron chi connectivity index (χ0n) is 13.9. The fraction of sp³-hybridized carbons (Fsp3) is 0.250. The molecule has 1 aliphatic rings. The van der Waals surface area contributed by atoms with E-state index in [0.29, 0.717) is 12.6 Å². The average Bonchev–Trinajstić information content (AvgIpc) is 3.09. The molecule has 4 rings (SSSR count). The third kappa shape index (κ3) is 3.70. The van der Waals surface area contributed by atoms with Gasteiger partial charge in [0.2, 0.25) is 0 Å². The number of aromatic nitrogens is 2. The van der Waals surface area contributed by atoms with E-state index in [1.807, 2.05) is 47.3 Å². The number of benzene rings is 2. The van der Waals surface area contributed by atoms with Crippen molar-refractivity contribution in [3.05, 3.63) is 82.6 Å². The molecule has 128 valence electrons. The minimum absolute atomic E-state index is 0.317. The van der Waals surface area contributed by atoms with Crippen LogP contribution >= 0.6 is 11.6 Å². The van der Waals surface area contributed by atoms with Crippen molar-refractivity contribution >= 4 is 11.6 Å². The van der Waals surface area contributed by atoms with Gasteiger partial charge in [-0.05, 0) is 17.7 Å². The van der Waals surface area contributed by atoms with Crippen molar-refractivity contribution in [3.8, 4) is 5.75 Å². The Hall–Kier alpha value is -2.30. The number of rotatable bonds is 5. The maximum Gasteiger partial charge on any atom is 0.124 e. The summed E-state index contributed by atoms with van der Waals surface area (Å²) in [5.74, 6) is 0.987. The lowest BCUT2D eigenvalue weighted by Crippen LogP contribution is -2.26. The first-order chi connectivity index (χ1) is 12.3. The first-order valence-corrected chi connectivity index (χ1v) is 8.87. The van der Waals surface area contributed by atoms with Crippen LogP contribution in [-0.2, 0) is 13.1 Å². The molecule has 0 spiro atoms. The van der Waals surface area contributed by atoms with Gasteiger partial charge in [0.15, 0.2) is 0 Å². The van der Waals surface area contributed by atoms with Crippen LogP contribution in [0.4, 0.5) is 0 Å². The van der Waals surface area contributed by atoms with Crippen LogP contribution in [-0.4, -0.2) is 16.4 Å². The molecule has 1 unspecified atom stereocenters. The van der Waals surface area contributed by atoms with Gasteiger partial charge in [-0.3, -0.25) is 4.68 Å². The lowest BCUT2D eigenvalue weighted by molar-refractivity contribution is 0.252. The number of halogens is 1. The van der Waals surface area contributed by atoms with Crippen molar-refractivity contribution in [2.24, 2.45) is 0 Å². The first-order valence-electron chi connectivity index (χ1n) is 8.49. The van der Waals surface area contributed by atoms with Gasteiger partial charge >= 0.3 is 0 Å². The molecular formula is C20H20ClN3O. The predicted octanol–water partition coefficient (Wildman–Crippen LogP) is 4.20. The highest BCUT2D eigenvalue weighted by Gasteiger charge is 2.20. The van der Waals surface area contributed by atoms with Crippen molar-refractivity contribution in [1.82, 2.24) is 15.1 Å². The Morgan fingerprint density at radius 1 is 1.16 bits per heavy atom. The van der Waals surface area contributed by atoms with E-state index in [4.69, 9.17) is 16.3 Å². The van der Waals surface area contributed by atoms with Gasteiger partial charge in [0, 0.05) is 41.4 Å². The second-order valence-electron chi connectivity index (χ2n) is 6.25. The standard InChI is InChI=1S/C20H20ClN3O/c21-18-7-3-1-5-16(18)14-24-13-15(12-23-24)11-22-19-9-10-25-20-8-4-2-6-17(19)20/h1-8,12-13,19,22H,9-11,14H2. The molecule has 1 N–H and O–H groups in total. The summed E-state index contributed by atoms with van der Waals surface area (Å²) in [5.41, 5.74) is 3.47. The van der Waals surface area contributed by atoms with E-state index in [1.165, 1.54) is 5.56 Å². The van der Waals surface area contributed by atoms with Gasteiger partial charge in [-0.1, -0.05) is 48.0 Å². The highest BCUT2D eigenvalue weighted by atomic mass is 35.5. The SMILES string of the molecule is Clc1ccccc1Cn1cc(CNC2CCOc3ccccc32)cn1. The molecule has 0 bridgehead atoms. The smallest absolute Gasteiger partial charge is 0.124 e.